The Morgan fingerprint density at radius 2 is 2.00 bits per heavy atom. The molecule has 0 bridgehead atoms. The summed E-state index contributed by atoms with van der Waals surface area (Å²) in [6.07, 6.45) is 3.13. The number of hydrogen-bond donors (Lipinski definition) is 0. The highest BCUT2D eigenvalue weighted by molar-refractivity contribution is 7.89. The zero-order chi connectivity index (χ0) is 17.9. The molecule has 11 heteroatoms. The van der Waals surface area contributed by atoms with Crippen molar-refractivity contribution in [2.45, 2.75) is 11.4 Å². The van der Waals surface area contributed by atoms with Gasteiger partial charge in [-0.25, -0.2) is 8.42 Å². The van der Waals surface area contributed by atoms with Crippen LogP contribution in [0.15, 0.2) is 29.0 Å². The van der Waals surface area contributed by atoms with Crippen molar-refractivity contribution in [3.8, 4) is 0 Å². The predicted octanol–water partition coefficient (Wildman–Crippen LogP) is 0.133. The summed E-state index contributed by atoms with van der Waals surface area (Å²) in [4.78, 5) is 14.5. The minimum atomic E-state index is -3.70. The van der Waals surface area contributed by atoms with E-state index in [1.165, 1.54) is 15.3 Å². The second-order valence-corrected chi connectivity index (χ2v) is 8.38. The first-order valence-electron chi connectivity index (χ1n) is 7.73. The molecule has 25 heavy (non-hydrogen) atoms. The van der Waals surface area contributed by atoms with Crippen molar-refractivity contribution >= 4 is 27.3 Å². The standard InChI is InChI=1S/C14H19N5O4S2/c1-17(3-4-18-10-15-16-11-18)14(20)13-12(2-9-24-13)25(21,22)19-5-7-23-8-6-19/h2,9-11H,3-8H2,1H3. The summed E-state index contributed by atoms with van der Waals surface area (Å²) >= 11 is 1.14. The summed E-state index contributed by atoms with van der Waals surface area (Å²) in [5.74, 6) is -0.310. The lowest BCUT2D eigenvalue weighted by molar-refractivity contribution is 0.0728. The van der Waals surface area contributed by atoms with Crippen LogP contribution in [0, 0.1) is 0 Å². The van der Waals surface area contributed by atoms with Gasteiger partial charge in [0.15, 0.2) is 0 Å². The number of carbonyl (C=O) groups is 1. The number of nitrogens with zero attached hydrogens (tertiary/aromatic N) is 5. The van der Waals surface area contributed by atoms with E-state index in [9.17, 15) is 13.2 Å². The third-order valence-electron chi connectivity index (χ3n) is 3.92. The van der Waals surface area contributed by atoms with Crippen molar-refractivity contribution in [2.24, 2.45) is 0 Å². The molecular weight excluding hydrogens is 366 g/mol. The van der Waals surface area contributed by atoms with Gasteiger partial charge >= 0.3 is 0 Å². The highest BCUT2D eigenvalue weighted by Crippen LogP contribution is 2.27. The fourth-order valence-corrected chi connectivity index (χ4v) is 5.26. The minimum Gasteiger partial charge on any atom is -0.379 e. The van der Waals surface area contributed by atoms with E-state index >= 15 is 0 Å². The van der Waals surface area contributed by atoms with Crippen LogP contribution in [0.25, 0.3) is 0 Å². The van der Waals surface area contributed by atoms with E-state index in [0.29, 0.717) is 39.4 Å². The average Bonchev–Trinajstić information content (AvgIpc) is 3.31. The molecule has 1 saturated heterocycles. The number of thiophene rings is 1. The van der Waals surface area contributed by atoms with Gasteiger partial charge in [-0.3, -0.25) is 4.79 Å². The Morgan fingerprint density at radius 1 is 1.32 bits per heavy atom. The van der Waals surface area contributed by atoms with Crippen LogP contribution in [0.1, 0.15) is 9.67 Å². The molecule has 0 aliphatic carbocycles. The molecule has 0 aromatic carbocycles. The number of morpholine rings is 1. The number of sulfonamides is 1. The second kappa shape index (κ2) is 7.60. The lowest BCUT2D eigenvalue weighted by Gasteiger charge is -2.26. The fourth-order valence-electron chi connectivity index (χ4n) is 2.46. The molecule has 2 aromatic rings. The highest BCUT2D eigenvalue weighted by Gasteiger charge is 2.32. The van der Waals surface area contributed by atoms with Gasteiger partial charge in [0.25, 0.3) is 5.91 Å². The van der Waals surface area contributed by atoms with E-state index in [1.54, 1.807) is 29.6 Å². The maximum absolute atomic E-state index is 12.8. The van der Waals surface area contributed by atoms with Crippen molar-refractivity contribution in [3.63, 3.8) is 0 Å². The Bertz CT molecular complexity index is 812. The third kappa shape index (κ3) is 3.89. The zero-order valence-electron chi connectivity index (χ0n) is 13.7. The molecule has 2 aromatic heterocycles. The summed E-state index contributed by atoms with van der Waals surface area (Å²) in [7, 11) is -2.04. The van der Waals surface area contributed by atoms with Crippen molar-refractivity contribution < 1.29 is 17.9 Å². The molecule has 0 N–H and O–H groups in total. The molecule has 9 nitrogen and oxygen atoms in total. The normalized spacial score (nSPS) is 16.0. The molecule has 0 radical (unpaired) electrons. The van der Waals surface area contributed by atoms with Crippen molar-refractivity contribution in [3.05, 3.63) is 29.0 Å². The van der Waals surface area contributed by atoms with Crippen LogP contribution in [0.2, 0.25) is 0 Å². The molecule has 1 aliphatic heterocycles. The molecule has 1 amide bonds. The molecule has 1 fully saturated rings. The van der Waals surface area contributed by atoms with Crippen LogP contribution in [0.3, 0.4) is 0 Å². The molecule has 1 aliphatic rings. The van der Waals surface area contributed by atoms with Gasteiger partial charge in [0.1, 0.15) is 22.4 Å². The molecule has 0 saturated carbocycles. The van der Waals surface area contributed by atoms with Crippen LogP contribution in [0.4, 0.5) is 0 Å². The quantitative estimate of drug-likeness (QED) is 0.701. The summed E-state index contributed by atoms with van der Waals surface area (Å²) in [5, 5.41) is 9.05. The first-order chi connectivity index (χ1) is 12.0. The number of aromatic nitrogens is 3. The van der Waals surface area contributed by atoms with Gasteiger partial charge < -0.3 is 14.2 Å². The van der Waals surface area contributed by atoms with Crippen LogP contribution in [0.5, 0.6) is 0 Å². The fraction of sp³-hybridized carbons (Fsp3) is 0.500. The first kappa shape index (κ1) is 18.0. The molecule has 3 heterocycles. The van der Waals surface area contributed by atoms with E-state index in [4.69, 9.17) is 4.74 Å². The summed E-state index contributed by atoms with van der Waals surface area (Å²) in [6.45, 7) is 2.29. The number of ether oxygens (including phenoxy) is 1. The molecule has 0 unspecified atom stereocenters. The van der Waals surface area contributed by atoms with Gasteiger partial charge in [0, 0.05) is 33.2 Å². The summed E-state index contributed by atoms with van der Waals surface area (Å²) in [5.41, 5.74) is 0. The predicted molar refractivity (Wildman–Crippen MR) is 90.9 cm³/mol. The van der Waals surface area contributed by atoms with Gasteiger partial charge in [-0.2, -0.15) is 4.31 Å². The smallest absolute Gasteiger partial charge is 0.265 e. The molecule has 0 atom stereocenters. The number of hydrogen-bond acceptors (Lipinski definition) is 7. The van der Waals surface area contributed by atoms with E-state index in [0.717, 1.165) is 11.3 Å². The van der Waals surface area contributed by atoms with E-state index in [-0.39, 0.29) is 15.7 Å². The molecule has 3 rings (SSSR count). The monoisotopic (exact) mass is 385 g/mol. The third-order valence-corrected chi connectivity index (χ3v) is 6.89. The Morgan fingerprint density at radius 3 is 2.68 bits per heavy atom. The molecule has 0 spiro atoms. The van der Waals surface area contributed by atoms with Crippen LogP contribution < -0.4 is 0 Å². The first-order valence-corrected chi connectivity index (χ1v) is 10.1. The summed E-state index contributed by atoms with van der Waals surface area (Å²) < 4.78 is 34.0. The second-order valence-electron chi connectivity index (χ2n) is 5.56. The number of amides is 1. The van der Waals surface area contributed by atoms with Crippen LogP contribution in [-0.4, -0.2) is 78.2 Å². The average molecular weight is 385 g/mol. The zero-order valence-corrected chi connectivity index (χ0v) is 15.4. The Kier molecular flexibility index (Phi) is 5.47. The maximum atomic E-state index is 12.8. The minimum absolute atomic E-state index is 0.0700. The molecule has 136 valence electrons. The van der Waals surface area contributed by atoms with Gasteiger partial charge in [-0.1, -0.05) is 0 Å². The Balaban J connectivity index is 1.74. The maximum Gasteiger partial charge on any atom is 0.265 e. The molecular formula is C14H19N5O4S2. The van der Waals surface area contributed by atoms with E-state index in [1.807, 2.05) is 0 Å². The highest BCUT2D eigenvalue weighted by atomic mass is 32.2. The van der Waals surface area contributed by atoms with Crippen molar-refractivity contribution in [2.75, 3.05) is 39.9 Å². The topological polar surface area (TPSA) is 97.6 Å². The van der Waals surface area contributed by atoms with E-state index < -0.39 is 10.0 Å². The van der Waals surface area contributed by atoms with Crippen molar-refractivity contribution in [1.29, 1.82) is 0 Å². The summed E-state index contributed by atoms with van der Waals surface area (Å²) in [6, 6.07) is 1.50. The van der Waals surface area contributed by atoms with Crippen LogP contribution in [-0.2, 0) is 21.3 Å². The lowest BCUT2D eigenvalue weighted by atomic mass is 10.4. The largest absolute Gasteiger partial charge is 0.379 e. The Labute approximate surface area is 149 Å². The number of likely N-dealkylation sites (N-methyl/N-ethyl adjacent to an activating group) is 1. The lowest BCUT2D eigenvalue weighted by Crippen LogP contribution is -2.41. The van der Waals surface area contributed by atoms with Crippen molar-refractivity contribution in [1.82, 2.24) is 24.0 Å². The van der Waals surface area contributed by atoms with Gasteiger partial charge in [0.2, 0.25) is 10.0 Å². The van der Waals surface area contributed by atoms with E-state index in [2.05, 4.69) is 10.2 Å². The Hall–Kier alpha value is -1.82. The number of rotatable bonds is 6. The van der Waals surface area contributed by atoms with Gasteiger partial charge in [0.05, 0.1) is 13.2 Å². The van der Waals surface area contributed by atoms with Gasteiger partial charge in [-0.15, -0.1) is 21.5 Å². The number of carbonyl (C=O) groups excluding carboxylic acids is 1. The van der Waals surface area contributed by atoms with Crippen LogP contribution >= 0.6 is 11.3 Å². The SMILES string of the molecule is CN(CCn1cnnc1)C(=O)c1sccc1S(=O)(=O)N1CCOCC1. The van der Waals surface area contributed by atoms with Gasteiger partial charge in [-0.05, 0) is 11.4 Å².